The van der Waals surface area contributed by atoms with E-state index in [1.54, 1.807) is 36.4 Å². The van der Waals surface area contributed by atoms with E-state index in [0.29, 0.717) is 29.8 Å². The molecule has 3 N–H and O–H groups in total. The summed E-state index contributed by atoms with van der Waals surface area (Å²) in [6, 6.07) is 11.8. The molecule has 4 heteroatoms. The summed E-state index contributed by atoms with van der Waals surface area (Å²) in [7, 11) is 0. The standard InChI is InChI=1S/C16H17FN2O/c1-11-8-13(10-14(18)9-11)16(20)19-7-6-12-4-2-3-5-15(12)17/h2-5,8-10H,6-7,18H2,1H3,(H,19,20). The van der Waals surface area contributed by atoms with E-state index < -0.39 is 0 Å². The molecule has 20 heavy (non-hydrogen) atoms. The number of anilines is 1. The number of hydrogen-bond donors (Lipinski definition) is 2. The van der Waals surface area contributed by atoms with E-state index in [1.165, 1.54) is 6.07 Å². The maximum Gasteiger partial charge on any atom is 0.251 e. The highest BCUT2D eigenvalue weighted by Gasteiger charge is 2.07. The van der Waals surface area contributed by atoms with Crippen LogP contribution < -0.4 is 11.1 Å². The Morgan fingerprint density at radius 3 is 2.70 bits per heavy atom. The molecule has 0 aliphatic carbocycles. The van der Waals surface area contributed by atoms with Crippen LogP contribution in [0, 0.1) is 12.7 Å². The van der Waals surface area contributed by atoms with Gasteiger partial charge in [0, 0.05) is 17.8 Å². The molecule has 3 nitrogen and oxygen atoms in total. The fraction of sp³-hybridized carbons (Fsp3) is 0.188. The number of carbonyl (C=O) groups is 1. The number of rotatable bonds is 4. The quantitative estimate of drug-likeness (QED) is 0.841. The normalized spacial score (nSPS) is 10.3. The highest BCUT2D eigenvalue weighted by molar-refractivity contribution is 5.95. The van der Waals surface area contributed by atoms with Crippen molar-refractivity contribution in [1.29, 1.82) is 0 Å². The van der Waals surface area contributed by atoms with Crippen LogP contribution in [0.3, 0.4) is 0 Å². The molecule has 0 saturated heterocycles. The molecule has 104 valence electrons. The zero-order valence-electron chi connectivity index (χ0n) is 11.3. The van der Waals surface area contributed by atoms with Crippen LogP contribution in [0.25, 0.3) is 0 Å². The summed E-state index contributed by atoms with van der Waals surface area (Å²) in [5.74, 6) is -0.446. The van der Waals surface area contributed by atoms with E-state index in [2.05, 4.69) is 5.32 Å². The second-order valence-corrected chi connectivity index (χ2v) is 4.73. The molecule has 0 heterocycles. The fourth-order valence-electron chi connectivity index (χ4n) is 2.06. The molecule has 1 amide bonds. The lowest BCUT2D eigenvalue weighted by molar-refractivity contribution is 0.0954. The van der Waals surface area contributed by atoms with Crippen molar-refractivity contribution in [3.8, 4) is 0 Å². The molecule has 0 bridgehead atoms. The molecule has 2 aromatic carbocycles. The van der Waals surface area contributed by atoms with Crippen molar-refractivity contribution in [1.82, 2.24) is 5.32 Å². The largest absolute Gasteiger partial charge is 0.399 e. The number of halogens is 1. The minimum absolute atomic E-state index is 0.197. The molecule has 0 saturated carbocycles. The zero-order valence-corrected chi connectivity index (χ0v) is 11.3. The number of carbonyl (C=O) groups excluding carboxylic acids is 1. The second kappa shape index (κ2) is 6.19. The number of aryl methyl sites for hydroxylation is 1. The number of nitrogens with two attached hydrogens (primary N) is 1. The average Bonchev–Trinajstić information content (AvgIpc) is 2.39. The maximum atomic E-state index is 13.4. The predicted octanol–water partition coefficient (Wildman–Crippen LogP) is 2.69. The van der Waals surface area contributed by atoms with Gasteiger partial charge in [-0.15, -0.1) is 0 Å². The lowest BCUT2D eigenvalue weighted by Crippen LogP contribution is -2.26. The van der Waals surface area contributed by atoms with Crippen LogP contribution in [0.15, 0.2) is 42.5 Å². The molecule has 2 aromatic rings. The van der Waals surface area contributed by atoms with Gasteiger partial charge in [-0.2, -0.15) is 0 Å². The lowest BCUT2D eigenvalue weighted by atomic mass is 10.1. The first-order valence-corrected chi connectivity index (χ1v) is 6.45. The third-order valence-electron chi connectivity index (χ3n) is 3.00. The van der Waals surface area contributed by atoms with Gasteiger partial charge in [0.25, 0.3) is 5.91 Å². The Bertz CT molecular complexity index is 605. The molecule has 0 radical (unpaired) electrons. The third kappa shape index (κ3) is 3.57. The fourth-order valence-corrected chi connectivity index (χ4v) is 2.06. The topological polar surface area (TPSA) is 55.1 Å². The highest BCUT2D eigenvalue weighted by atomic mass is 19.1. The molecular weight excluding hydrogens is 255 g/mol. The van der Waals surface area contributed by atoms with Gasteiger partial charge in [0.05, 0.1) is 0 Å². The van der Waals surface area contributed by atoms with Crippen molar-refractivity contribution < 1.29 is 9.18 Å². The van der Waals surface area contributed by atoms with Gasteiger partial charge in [-0.1, -0.05) is 18.2 Å². The highest BCUT2D eigenvalue weighted by Crippen LogP contribution is 2.11. The van der Waals surface area contributed by atoms with Gasteiger partial charge in [0.15, 0.2) is 0 Å². The number of amides is 1. The first-order valence-electron chi connectivity index (χ1n) is 6.45. The predicted molar refractivity (Wildman–Crippen MR) is 78.0 cm³/mol. The third-order valence-corrected chi connectivity index (χ3v) is 3.00. The van der Waals surface area contributed by atoms with Crippen LogP contribution in [-0.2, 0) is 6.42 Å². The second-order valence-electron chi connectivity index (χ2n) is 4.73. The summed E-state index contributed by atoms with van der Waals surface area (Å²) in [6.45, 7) is 2.26. The van der Waals surface area contributed by atoms with E-state index in [9.17, 15) is 9.18 Å². The summed E-state index contributed by atoms with van der Waals surface area (Å²) >= 11 is 0. The van der Waals surface area contributed by atoms with Crippen LogP contribution in [0.1, 0.15) is 21.5 Å². The Balaban J connectivity index is 1.94. The summed E-state index contributed by atoms with van der Waals surface area (Å²) in [5.41, 5.74) is 8.32. The van der Waals surface area contributed by atoms with Gasteiger partial charge < -0.3 is 11.1 Å². The number of benzene rings is 2. The van der Waals surface area contributed by atoms with Crippen molar-refractivity contribution >= 4 is 11.6 Å². The van der Waals surface area contributed by atoms with E-state index in [0.717, 1.165) is 5.56 Å². The summed E-state index contributed by atoms with van der Waals surface area (Å²) in [5, 5.41) is 2.77. The number of nitrogens with one attached hydrogen (secondary N) is 1. The van der Waals surface area contributed by atoms with Crippen LogP contribution in [0.2, 0.25) is 0 Å². The van der Waals surface area contributed by atoms with E-state index in [4.69, 9.17) is 5.73 Å². The Morgan fingerprint density at radius 1 is 1.25 bits per heavy atom. The first kappa shape index (κ1) is 14.1. The lowest BCUT2D eigenvalue weighted by Gasteiger charge is -2.07. The maximum absolute atomic E-state index is 13.4. The van der Waals surface area contributed by atoms with E-state index in [-0.39, 0.29) is 11.7 Å². The minimum atomic E-state index is -0.249. The zero-order chi connectivity index (χ0) is 14.5. The molecule has 0 aromatic heterocycles. The minimum Gasteiger partial charge on any atom is -0.399 e. The van der Waals surface area contributed by atoms with Crippen molar-refractivity contribution in [3.05, 3.63) is 65.0 Å². The van der Waals surface area contributed by atoms with Gasteiger partial charge in [-0.25, -0.2) is 4.39 Å². The van der Waals surface area contributed by atoms with Gasteiger partial charge in [0.1, 0.15) is 5.82 Å². The summed E-state index contributed by atoms with van der Waals surface area (Å²) in [4.78, 5) is 12.0. The van der Waals surface area contributed by atoms with Crippen molar-refractivity contribution in [2.45, 2.75) is 13.3 Å². The molecule has 0 aliphatic rings. The van der Waals surface area contributed by atoms with E-state index >= 15 is 0 Å². The monoisotopic (exact) mass is 272 g/mol. The summed E-state index contributed by atoms with van der Waals surface area (Å²) < 4.78 is 13.4. The smallest absolute Gasteiger partial charge is 0.251 e. The van der Waals surface area contributed by atoms with Gasteiger partial charge in [-0.3, -0.25) is 4.79 Å². The molecule has 0 unspecified atom stereocenters. The van der Waals surface area contributed by atoms with E-state index in [1.807, 2.05) is 6.92 Å². The van der Waals surface area contributed by atoms with Crippen LogP contribution in [-0.4, -0.2) is 12.5 Å². The van der Waals surface area contributed by atoms with Gasteiger partial charge in [-0.05, 0) is 48.7 Å². The molecule has 2 rings (SSSR count). The molecule has 0 fully saturated rings. The summed E-state index contributed by atoms with van der Waals surface area (Å²) in [6.07, 6.45) is 0.458. The van der Waals surface area contributed by atoms with Gasteiger partial charge >= 0.3 is 0 Å². The Kier molecular flexibility index (Phi) is 4.35. The number of hydrogen-bond acceptors (Lipinski definition) is 2. The average molecular weight is 272 g/mol. The van der Waals surface area contributed by atoms with Crippen molar-refractivity contribution in [2.24, 2.45) is 0 Å². The Morgan fingerprint density at radius 2 is 2.00 bits per heavy atom. The molecule has 0 atom stereocenters. The van der Waals surface area contributed by atoms with Crippen molar-refractivity contribution in [2.75, 3.05) is 12.3 Å². The SMILES string of the molecule is Cc1cc(N)cc(C(=O)NCCc2ccccc2F)c1. The Labute approximate surface area is 117 Å². The molecular formula is C16H17FN2O. The number of nitrogen functional groups attached to an aromatic ring is 1. The van der Waals surface area contributed by atoms with Crippen molar-refractivity contribution in [3.63, 3.8) is 0 Å². The van der Waals surface area contributed by atoms with Gasteiger partial charge in [0.2, 0.25) is 0 Å². The molecule has 0 aliphatic heterocycles. The molecule has 0 spiro atoms. The van der Waals surface area contributed by atoms with Crippen LogP contribution in [0.5, 0.6) is 0 Å². The van der Waals surface area contributed by atoms with Crippen LogP contribution in [0.4, 0.5) is 10.1 Å². The van der Waals surface area contributed by atoms with Crippen LogP contribution >= 0.6 is 0 Å². The first-order chi connectivity index (χ1) is 9.56. The Hall–Kier alpha value is -2.36.